The van der Waals surface area contributed by atoms with Gasteiger partial charge in [-0.3, -0.25) is 4.79 Å². The maximum atomic E-state index is 10.5. The van der Waals surface area contributed by atoms with Gasteiger partial charge in [0.15, 0.2) is 0 Å². The highest BCUT2D eigenvalue weighted by molar-refractivity contribution is 5.75. The molecule has 0 aliphatic heterocycles. The van der Waals surface area contributed by atoms with Crippen molar-refractivity contribution in [3.8, 4) is 0 Å². The van der Waals surface area contributed by atoms with E-state index in [9.17, 15) is 4.79 Å². The topological polar surface area (TPSA) is 17.1 Å². The van der Waals surface area contributed by atoms with Crippen molar-refractivity contribution >= 4 is 6.29 Å². The highest BCUT2D eigenvalue weighted by Crippen LogP contribution is 2.22. The molecule has 0 heterocycles. The van der Waals surface area contributed by atoms with Crippen LogP contribution < -0.4 is 0 Å². The number of allylic oxidation sites excluding steroid dienone is 4. The van der Waals surface area contributed by atoms with Crippen LogP contribution in [-0.4, -0.2) is 6.29 Å². The summed E-state index contributed by atoms with van der Waals surface area (Å²) in [4.78, 5) is 10.5. The minimum Gasteiger partial charge on any atom is -0.298 e. The molecule has 0 unspecified atom stereocenters. The molecule has 0 saturated heterocycles. The van der Waals surface area contributed by atoms with Gasteiger partial charge in [0.2, 0.25) is 0 Å². The molecule has 1 aliphatic carbocycles. The Balaban J connectivity index is 2.34. The van der Waals surface area contributed by atoms with Gasteiger partial charge in [-0.15, -0.1) is 0 Å². The number of hydrogen-bond donors (Lipinski definition) is 0. The fraction of sp³-hybridized carbons (Fsp3) is 0.0833. The smallest absolute Gasteiger partial charge is 0.150 e. The van der Waals surface area contributed by atoms with Gasteiger partial charge in [-0.1, -0.05) is 42.5 Å². The molecular formula is C12H10O. The Morgan fingerprint density at radius 2 is 1.92 bits per heavy atom. The van der Waals surface area contributed by atoms with Crippen molar-refractivity contribution in [1.82, 2.24) is 0 Å². The van der Waals surface area contributed by atoms with Crippen LogP contribution in [0.3, 0.4) is 0 Å². The van der Waals surface area contributed by atoms with Gasteiger partial charge in [-0.2, -0.15) is 0 Å². The molecule has 0 fully saturated rings. The minimum absolute atomic E-state index is 0.347. The molecule has 64 valence electrons. The lowest BCUT2D eigenvalue weighted by Gasteiger charge is -2.05. The summed E-state index contributed by atoms with van der Waals surface area (Å²) in [6.45, 7) is 0. The largest absolute Gasteiger partial charge is 0.298 e. The van der Waals surface area contributed by atoms with Crippen LogP contribution >= 0.6 is 0 Å². The average Bonchev–Trinajstić information content (AvgIpc) is 2.71. The van der Waals surface area contributed by atoms with E-state index in [0.29, 0.717) is 5.92 Å². The fourth-order valence-electron chi connectivity index (χ4n) is 1.49. The second-order valence-corrected chi connectivity index (χ2v) is 3.08. The number of aldehydes is 1. The number of hydrogen-bond acceptors (Lipinski definition) is 1. The van der Waals surface area contributed by atoms with Crippen molar-refractivity contribution < 1.29 is 4.79 Å². The van der Waals surface area contributed by atoms with E-state index in [2.05, 4.69) is 12.2 Å². The summed E-state index contributed by atoms with van der Waals surface area (Å²) in [6.07, 6.45) is 9.16. The molecule has 0 saturated carbocycles. The van der Waals surface area contributed by atoms with Gasteiger partial charge >= 0.3 is 0 Å². The fourth-order valence-corrected chi connectivity index (χ4v) is 1.49. The van der Waals surface area contributed by atoms with E-state index in [0.717, 1.165) is 11.8 Å². The summed E-state index contributed by atoms with van der Waals surface area (Å²) in [6, 6.07) is 7.70. The first kappa shape index (κ1) is 7.99. The third-order valence-corrected chi connectivity index (χ3v) is 2.18. The molecule has 0 atom stereocenters. The maximum absolute atomic E-state index is 10.5. The van der Waals surface area contributed by atoms with Crippen molar-refractivity contribution in [2.24, 2.45) is 0 Å². The third kappa shape index (κ3) is 1.59. The molecule has 1 nitrogen and oxygen atoms in total. The SMILES string of the molecule is O=Cc1cccc(C2C=CC=C2)c1. The van der Waals surface area contributed by atoms with Crippen LogP contribution in [0.5, 0.6) is 0 Å². The molecule has 0 bridgehead atoms. The zero-order valence-corrected chi connectivity index (χ0v) is 7.18. The zero-order chi connectivity index (χ0) is 9.10. The standard InChI is InChI=1S/C12H10O/c13-9-10-4-3-7-12(8-10)11-5-1-2-6-11/h1-9,11H. The molecule has 2 rings (SSSR count). The quantitative estimate of drug-likeness (QED) is 0.624. The molecule has 1 aliphatic rings. The van der Waals surface area contributed by atoms with Gasteiger partial charge in [-0.25, -0.2) is 0 Å². The lowest BCUT2D eigenvalue weighted by atomic mass is 9.99. The number of carbonyl (C=O) groups is 1. The number of benzene rings is 1. The Morgan fingerprint density at radius 1 is 1.15 bits per heavy atom. The predicted octanol–water partition coefficient (Wildman–Crippen LogP) is 2.71. The van der Waals surface area contributed by atoms with Gasteiger partial charge in [-0.05, 0) is 11.6 Å². The molecule has 13 heavy (non-hydrogen) atoms. The van der Waals surface area contributed by atoms with Crippen LogP contribution in [0, 0.1) is 0 Å². The first-order valence-corrected chi connectivity index (χ1v) is 4.30. The lowest BCUT2D eigenvalue weighted by Crippen LogP contribution is -1.90. The van der Waals surface area contributed by atoms with Crippen LogP contribution in [0.1, 0.15) is 21.8 Å². The molecule has 1 aromatic carbocycles. The van der Waals surface area contributed by atoms with Crippen LogP contribution in [0.25, 0.3) is 0 Å². The maximum Gasteiger partial charge on any atom is 0.150 e. The van der Waals surface area contributed by atoms with E-state index in [1.54, 1.807) is 0 Å². The summed E-state index contributed by atoms with van der Waals surface area (Å²) in [5, 5.41) is 0. The second kappa shape index (κ2) is 3.40. The van der Waals surface area contributed by atoms with Crippen LogP contribution in [0.15, 0.2) is 48.6 Å². The second-order valence-electron chi connectivity index (χ2n) is 3.08. The first-order valence-electron chi connectivity index (χ1n) is 4.30. The summed E-state index contributed by atoms with van der Waals surface area (Å²) < 4.78 is 0. The van der Waals surface area contributed by atoms with Crippen LogP contribution in [-0.2, 0) is 0 Å². The van der Waals surface area contributed by atoms with Gasteiger partial charge in [0.05, 0.1) is 0 Å². The van der Waals surface area contributed by atoms with Crippen LogP contribution in [0.2, 0.25) is 0 Å². The lowest BCUT2D eigenvalue weighted by molar-refractivity contribution is 0.112. The highest BCUT2D eigenvalue weighted by atomic mass is 16.1. The number of carbonyl (C=O) groups excluding carboxylic acids is 1. The molecule has 1 heteroatoms. The molecule has 0 aromatic heterocycles. The summed E-state index contributed by atoms with van der Waals surface area (Å²) in [5.41, 5.74) is 1.92. The Bertz CT molecular complexity index is 362. The zero-order valence-electron chi connectivity index (χ0n) is 7.18. The Morgan fingerprint density at radius 3 is 2.62 bits per heavy atom. The van der Waals surface area contributed by atoms with Crippen molar-refractivity contribution in [3.05, 3.63) is 59.7 Å². The summed E-state index contributed by atoms with van der Waals surface area (Å²) in [7, 11) is 0. The van der Waals surface area contributed by atoms with E-state index in [-0.39, 0.29) is 0 Å². The summed E-state index contributed by atoms with van der Waals surface area (Å²) >= 11 is 0. The molecular weight excluding hydrogens is 160 g/mol. The van der Waals surface area contributed by atoms with Crippen molar-refractivity contribution in [2.45, 2.75) is 5.92 Å². The van der Waals surface area contributed by atoms with E-state index < -0.39 is 0 Å². The monoisotopic (exact) mass is 170 g/mol. The van der Waals surface area contributed by atoms with Gasteiger partial charge in [0.25, 0.3) is 0 Å². The first-order chi connectivity index (χ1) is 6.40. The molecule has 0 spiro atoms. The van der Waals surface area contributed by atoms with E-state index >= 15 is 0 Å². The normalized spacial score (nSPS) is 15.1. The average molecular weight is 170 g/mol. The van der Waals surface area contributed by atoms with Gasteiger partial charge in [0.1, 0.15) is 6.29 Å². The number of rotatable bonds is 2. The van der Waals surface area contributed by atoms with E-state index in [4.69, 9.17) is 0 Å². The van der Waals surface area contributed by atoms with Crippen molar-refractivity contribution in [3.63, 3.8) is 0 Å². The molecule has 0 amide bonds. The van der Waals surface area contributed by atoms with Crippen LogP contribution in [0.4, 0.5) is 0 Å². The van der Waals surface area contributed by atoms with E-state index in [1.165, 1.54) is 5.56 Å². The molecule has 0 N–H and O–H groups in total. The Labute approximate surface area is 77.4 Å². The Kier molecular flexibility index (Phi) is 2.09. The van der Waals surface area contributed by atoms with Gasteiger partial charge < -0.3 is 0 Å². The Hall–Kier alpha value is -1.63. The minimum atomic E-state index is 0.347. The predicted molar refractivity (Wildman–Crippen MR) is 52.9 cm³/mol. The summed E-state index contributed by atoms with van der Waals surface area (Å²) in [5.74, 6) is 0.347. The van der Waals surface area contributed by atoms with Gasteiger partial charge in [0, 0.05) is 11.5 Å². The van der Waals surface area contributed by atoms with Crippen molar-refractivity contribution in [1.29, 1.82) is 0 Å². The van der Waals surface area contributed by atoms with Crippen molar-refractivity contribution in [2.75, 3.05) is 0 Å². The molecule has 1 aromatic rings. The third-order valence-electron chi connectivity index (χ3n) is 2.18. The van der Waals surface area contributed by atoms with E-state index in [1.807, 2.05) is 36.4 Å². The molecule has 0 radical (unpaired) electrons. The highest BCUT2D eigenvalue weighted by Gasteiger charge is 2.06.